The zero-order valence-corrected chi connectivity index (χ0v) is 8.81. The fourth-order valence-electron chi connectivity index (χ4n) is 0.777. The van der Waals surface area contributed by atoms with Crippen LogP contribution < -0.4 is 5.43 Å². The Kier molecular flexibility index (Phi) is 4.64. The molecule has 1 N–H and O–H groups in total. The Morgan fingerprint density at radius 1 is 1.42 bits per heavy atom. The second-order valence-electron chi connectivity index (χ2n) is 3.76. The molecule has 0 aliphatic rings. The lowest BCUT2D eigenvalue weighted by atomic mass is 9.90. The van der Waals surface area contributed by atoms with Gasteiger partial charge in [0.05, 0.1) is 5.71 Å². The van der Waals surface area contributed by atoms with Crippen molar-refractivity contribution in [2.24, 2.45) is 10.5 Å². The highest BCUT2D eigenvalue weighted by atomic mass is 15.3. The summed E-state index contributed by atoms with van der Waals surface area (Å²) in [7, 11) is 0. The van der Waals surface area contributed by atoms with Crippen LogP contribution in [-0.2, 0) is 0 Å². The molecule has 0 aromatic rings. The van der Waals surface area contributed by atoms with Gasteiger partial charge in [-0.1, -0.05) is 26.8 Å². The van der Waals surface area contributed by atoms with Gasteiger partial charge in [0.1, 0.15) is 0 Å². The highest BCUT2D eigenvalue weighted by molar-refractivity contribution is 5.98. The number of hydrogen-bond donors (Lipinski definition) is 1. The van der Waals surface area contributed by atoms with E-state index in [0.717, 1.165) is 12.3 Å². The van der Waals surface area contributed by atoms with Crippen LogP contribution in [0.3, 0.4) is 0 Å². The molecule has 0 rings (SSSR count). The van der Waals surface area contributed by atoms with Crippen LogP contribution in [0.25, 0.3) is 0 Å². The van der Waals surface area contributed by atoms with Gasteiger partial charge in [0.25, 0.3) is 0 Å². The van der Waals surface area contributed by atoms with Gasteiger partial charge in [-0.3, -0.25) is 0 Å². The van der Waals surface area contributed by atoms with Gasteiger partial charge in [0, 0.05) is 12.0 Å². The van der Waals surface area contributed by atoms with E-state index in [1.165, 1.54) is 0 Å². The third-order valence-electron chi connectivity index (χ3n) is 1.45. The standard InChI is InChI=1S/C10H20N2/c1-6-8-9(10(3,4)5)12-11-7-2/h6,8,11H,7H2,1-5H3/b8-6-,12-9+. The molecule has 0 radical (unpaired) electrons. The van der Waals surface area contributed by atoms with Crippen molar-refractivity contribution >= 4 is 5.71 Å². The van der Waals surface area contributed by atoms with Gasteiger partial charge in [-0.15, -0.1) is 0 Å². The van der Waals surface area contributed by atoms with Crippen molar-refractivity contribution in [2.45, 2.75) is 34.6 Å². The zero-order valence-electron chi connectivity index (χ0n) is 8.81. The monoisotopic (exact) mass is 168 g/mol. The lowest BCUT2D eigenvalue weighted by molar-refractivity contribution is 0.583. The van der Waals surface area contributed by atoms with Gasteiger partial charge in [-0.2, -0.15) is 5.10 Å². The van der Waals surface area contributed by atoms with Gasteiger partial charge in [0.2, 0.25) is 0 Å². The normalized spacial score (nSPS) is 13.9. The van der Waals surface area contributed by atoms with E-state index in [-0.39, 0.29) is 5.41 Å². The molecule has 0 saturated heterocycles. The first-order valence-corrected chi connectivity index (χ1v) is 4.46. The Labute approximate surface area is 75.7 Å². The van der Waals surface area contributed by atoms with Gasteiger partial charge >= 0.3 is 0 Å². The van der Waals surface area contributed by atoms with Gasteiger partial charge in [0.15, 0.2) is 0 Å². The predicted molar refractivity (Wildman–Crippen MR) is 55.4 cm³/mol. The fourth-order valence-corrected chi connectivity index (χ4v) is 0.777. The van der Waals surface area contributed by atoms with Crippen LogP contribution in [0, 0.1) is 5.41 Å². The Morgan fingerprint density at radius 2 is 2.00 bits per heavy atom. The largest absolute Gasteiger partial charge is 0.310 e. The first-order chi connectivity index (χ1) is 5.52. The van der Waals surface area contributed by atoms with Crippen molar-refractivity contribution in [3.63, 3.8) is 0 Å². The molecule has 0 aromatic heterocycles. The molecule has 0 amide bonds. The molecule has 2 nitrogen and oxygen atoms in total. The van der Waals surface area contributed by atoms with Crippen molar-refractivity contribution < 1.29 is 0 Å². The van der Waals surface area contributed by atoms with Crippen LogP contribution in [0.2, 0.25) is 0 Å². The molecule has 0 spiro atoms. The first kappa shape index (κ1) is 11.2. The van der Waals surface area contributed by atoms with Gasteiger partial charge < -0.3 is 5.43 Å². The lowest BCUT2D eigenvalue weighted by Gasteiger charge is -2.18. The summed E-state index contributed by atoms with van der Waals surface area (Å²) in [5, 5.41) is 4.28. The van der Waals surface area contributed by atoms with E-state index in [1.54, 1.807) is 0 Å². The van der Waals surface area contributed by atoms with Gasteiger partial charge in [-0.25, -0.2) is 0 Å². The fraction of sp³-hybridized carbons (Fsp3) is 0.700. The number of nitrogens with zero attached hydrogens (tertiary/aromatic N) is 1. The minimum atomic E-state index is 0.120. The maximum absolute atomic E-state index is 4.28. The van der Waals surface area contributed by atoms with E-state index in [9.17, 15) is 0 Å². The molecule has 0 atom stereocenters. The van der Waals surface area contributed by atoms with Crippen molar-refractivity contribution in [2.75, 3.05) is 6.54 Å². The second-order valence-corrected chi connectivity index (χ2v) is 3.76. The molecule has 0 bridgehead atoms. The number of nitrogens with one attached hydrogen (secondary N) is 1. The maximum atomic E-state index is 4.28. The van der Waals surface area contributed by atoms with Crippen molar-refractivity contribution in [1.82, 2.24) is 5.43 Å². The van der Waals surface area contributed by atoms with Crippen molar-refractivity contribution in [3.05, 3.63) is 12.2 Å². The van der Waals surface area contributed by atoms with Crippen LogP contribution in [0.4, 0.5) is 0 Å². The highest BCUT2D eigenvalue weighted by Crippen LogP contribution is 2.16. The van der Waals surface area contributed by atoms with Crippen LogP contribution >= 0.6 is 0 Å². The molecule has 0 unspecified atom stereocenters. The van der Waals surface area contributed by atoms with Crippen molar-refractivity contribution in [1.29, 1.82) is 0 Å². The summed E-state index contributed by atoms with van der Waals surface area (Å²) in [6, 6.07) is 0. The number of hydrogen-bond acceptors (Lipinski definition) is 2. The predicted octanol–water partition coefficient (Wildman–Crippen LogP) is 2.57. The molecule has 0 fully saturated rings. The minimum Gasteiger partial charge on any atom is -0.310 e. The minimum absolute atomic E-state index is 0.120. The van der Waals surface area contributed by atoms with Crippen LogP contribution in [0.1, 0.15) is 34.6 Å². The van der Waals surface area contributed by atoms with Crippen molar-refractivity contribution in [3.8, 4) is 0 Å². The van der Waals surface area contributed by atoms with E-state index in [0.29, 0.717) is 0 Å². The Balaban J connectivity index is 4.44. The third kappa shape index (κ3) is 4.16. The third-order valence-corrected chi connectivity index (χ3v) is 1.45. The average Bonchev–Trinajstić information content (AvgIpc) is 1.95. The lowest BCUT2D eigenvalue weighted by Crippen LogP contribution is -2.21. The Morgan fingerprint density at radius 3 is 2.33 bits per heavy atom. The van der Waals surface area contributed by atoms with Crippen LogP contribution in [-0.4, -0.2) is 12.3 Å². The van der Waals surface area contributed by atoms with Gasteiger partial charge in [-0.05, 0) is 19.9 Å². The highest BCUT2D eigenvalue weighted by Gasteiger charge is 2.15. The SMILES string of the molecule is C/C=C\C(=N/NCC)C(C)(C)C. The molecule has 70 valence electrons. The van der Waals surface area contributed by atoms with E-state index in [1.807, 2.05) is 26.0 Å². The molecule has 0 aliphatic heterocycles. The summed E-state index contributed by atoms with van der Waals surface area (Å²) in [5.41, 5.74) is 4.19. The smallest absolute Gasteiger partial charge is 0.0653 e. The number of allylic oxidation sites excluding steroid dienone is 2. The molecule has 0 saturated carbocycles. The summed E-state index contributed by atoms with van der Waals surface area (Å²) in [4.78, 5) is 0. The second kappa shape index (κ2) is 4.96. The number of hydrazone groups is 1. The molecule has 0 aromatic carbocycles. The summed E-state index contributed by atoms with van der Waals surface area (Å²) in [6.07, 6.45) is 4.06. The Hall–Kier alpha value is -0.790. The Bertz CT molecular complexity index is 173. The molecular formula is C10H20N2. The summed E-state index contributed by atoms with van der Waals surface area (Å²) in [6.45, 7) is 11.4. The maximum Gasteiger partial charge on any atom is 0.0653 e. The number of rotatable bonds is 3. The molecule has 0 aliphatic carbocycles. The topological polar surface area (TPSA) is 24.4 Å². The zero-order chi connectivity index (χ0) is 9.61. The molecular weight excluding hydrogens is 148 g/mol. The summed E-state index contributed by atoms with van der Waals surface area (Å²) >= 11 is 0. The van der Waals surface area contributed by atoms with E-state index in [2.05, 4.69) is 31.3 Å². The van der Waals surface area contributed by atoms with E-state index < -0.39 is 0 Å². The molecule has 0 heterocycles. The van der Waals surface area contributed by atoms with E-state index in [4.69, 9.17) is 0 Å². The quantitative estimate of drug-likeness (QED) is 0.508. The first-order valence-electron chi connectivity index (χ1n) is 4.46. The van der Waals surface area contributed by atoms with Crippen LogP contribution in [0.5, 0.6) is 0 Å². The van der Waals surface area contributed by atoms with Crippen LogP contribution in [0.15, 0.2) is 17.3 Å². The summed E-state index contributed by atoms with van der Waals surface area (Å²) < 4.78 is 0. The molecule has 2 heteroatoms. The summed E-state index contributed by atoms with van der Waals surface area (Å²) in [5.74, 6) is 0. The average molecular weight is 168 g/mol. The van der Waals surface area contributed by atoms with E-state index >= 15 is 0 Å². The molecule has 12 heavy (non-hydrogen) atoms.